The average Bonchev–Trinajstić information content (AvgIpc) is 2.46. The smallest absolute Gasteiger partial charge is 0.164 e. The summed E-state index contributed by atoms with van der Waals surface area (Å²) in [4.78, 5) is 12.2. The van der Waals surface area contributed by atoms with E-state index in [0.29, 0.717) is 6.42 Å². The van der Waals surface area contributed by atoms with Crippen molar-refractivity contribution in [3.8, 4) is 0 Å². The lowest BCUT2D eigenvalue weighted by molar-refractivity contribution is 0.0980. The van der Waals surface area contributed by atoms with Crippen molar-refractivity contribution >= 4 is 17.2 Å². The third-order valence-corrected chi connectivity index (χ3v) is 3.04. The van der Waals surface area contributed by atoms with Gasteiger partial charge in [0.05, 0.1) is 0 Å². The van der Waals surface area contributed by atoms with E-state index in [9.17, 15) is 4.79 Å². The highest BCUT2D eigenvalue weighted by molar-refractivity contribution is 6.01. The molecule has 0 aliphatic carbocycles. The number of Topliss-reactive ketones (excluding diaryl/α,β-unsaturated/α-hetero) is 1. The predicted octanol–water partition coefficient (Wildman–Crippen LogP) is 4.80. The quantitative estimate of drug-likeness (QED) is 0.749. The second-order valence-corrected chi connectivity index (χ2v) is 4.56. The van der Waals surface area contributed by atoms with Gasteiger partial charge in [-0.15, -0.1) is 0 Å². The van der Waals surface area contributed by atoms with Gasteiger partial charge in [0.2, 0.25) is 0 Å². The van der Waals surface area contributed by atoms with Crippen LogP contribution in [0.15, 0.2) is 54.6 Å². The van der Waals surface area contributed by atoms with Crippen LogP contribution in [0.5, 0.6) is 0 Å². The monoisotopic (exact) mass is 253 g/mol. The molecule has 0 saturated carbocycles. The zero-order valence-corrected chi connectivity index (χ0v) is 11.2. The van der Waals surface area contributed by atoms with Gasteiger partial charge < -0.3 is 5.32 Å². The van der Waals surface area contributed by atoms with E-state index in [1.165, 1.54) is 0 Å². The summed E-state index contributed by atoms with van der Waals surface area (Å²) in [6.07, 6.45) is 2.60. The van der Waals surface area contributed by atoms with Gasteiger partial charge in [0.15, 0.2) is 5.78 Å². The van der Waals surface area contributed by atoms with Crippen LogP contribution in [0.4, 0.5) is 11.4 Å². The summed E-state index contributed by atoms with van der Waals surface area (Å²) in [7, 11) is 0. The molecule has 0 unspecified atom stereocenters. The van der Waals surface area contributed by atoms with Gasteiger partial charge in [-0.25, -0.2) is 0 Å². The molecular weight excluding hydrogens is 234 g/mol. The third kappa shape index (κ3) is 3.68. The van der Waals surface area contributed by atoms with Crippen LogP contribution in [0.25, 0.3) is 0 Å². The van der Waals surface area contributed by atoms with Crippen molar-refractivity contribution in [3.63, 3.8) is 0 Å². The van der Waals surface area contributed by atoms with E-state index < -0.39 is 0 Å². The van der Waals surface area contributed by atoms with Crippen LogP contribution in [0.3, 0.4) is 0 Å². The van der Waals surface area contributed by atoms with Gasteiger partial charge in [0.25, 0.3) is 0 Å². The molecule has 0 spiro atoms. The maximum absolute atomic E-state index is 12.2. The summed E-state index contributed by atoms with van der Waals surface area (Å²) in [5.74, 6) is 0.209. The van der Waals surface area contributed by atoms with Crippen molar-refractivity contribution in [1.82, 2.24) is 0 Å². The molecule has 2 rings (SSSR count). The molecular formula is C17H19NO. The molecule has 0 radical (unpaired) electrons. The first-order valence-electron chi connectivity index (χ1n) is 6.75. The van der Waals surface area contributed by atoms with Crippen molar-refractivity contribution in [2.75, 3.05) is 5.32 Å². The van der Waals surface area contributed by atoms with Crippen molar-refractivity contribution < 1.29 is 4.79 Å². The van der Waals surface area contributed by atoms with Crippen LogP contribution in [-0.2, 0) is 0 Å². The van der Waals surface area contributed by atoms with Crippen LogP contribution in [0.2, 0.25) is 0 Å². The molecule has 2 heteroatoms. The molecule has 0 fully saturated rings. The first-order valence-corrected chi connectivity index (χ1v) is 6.75. The van der Waals surface area contributed by atoms with Gasteiger partial charge >= 0.3 is 0 Å². The number of carbonyl (C=O) groups is 1. The Morgan fingerprint density at radius 2 is 1.68 bits per heavy atom. The summed E-state index contributed by atoms with van der Waals surface area (Å²) < 4.78 is 0. The maximum Gasteiger partial charge on any atom is 0.164 e. The number of hydrogen-bond donors (Lipinski definition) is 1. The van der Waals surface area contributed by atoms with Crippen LogP contribution in [-0.4, -0.2) is 5.78 Å². The van der Waals surface area contributed by atoms with E-state index in [1.54, 1.807) is 0 Å². The Balaban J connectivity index is 2.19. The van der Waals surface area contributed by atoms with Gasteiger partial charge in [0.1, 0.15) is 0 Å². The molecule has 0 heterocycles. The first kappa shape index (κ1) is 13.3. The molecule has 98 valence electrons. The SMILES string of the molecule is CCCCC(=O)c1ccccc1Nc1ccccc1. The highest BCUT2D eigenvalue weighted by atomic mass is 16.1. The first-order chi connectivity index (χ1) is 9.31. The maximum atomic E-state index is 12.2. The largest absolute Gasteiger partial charge is 0.355 e. The summed E-state index contributed by atoms with van der Waals surface area (Å²) in [6, 6.07) is 17.6. The van der Waals surface area contributed by atoms with E-state index in [1.807, 2.05) is 54.6 Å². The van der Waals surface area contributed by atoms with Gasteiger partial charge in [0, 0.05) is 23.4 Å². The van der Waals surface area contributed by atoms with Crippen molar-refractivity contribution in [2.24, 2.45) is 0 Å². The number of nitrogens with one attached hydrogen (secondary N) is 1. The van der Waals surface area contributed by atoms with Crippen LogP contribution in [0, 0.1) is 0 Å². The van der Waals surface area contributed by atoms with Crippen molar-refractivity contribution in [2.45, 2.75) is 26.2 Å². The fraction of sp³-hybridized carbons (Fsp3) is 0.235. The Morgan fingerprint density at radius 3 is 2.42 bits per heavy atom. The fourth-order valence-electron chi connectivity index (χ4n) is 1.98. The molecule has 19 heavy (non-hydrogen) atoms. The number of para-hydroxylation sites is 2. The topological polar surface area (TPSA) is 29.1 Å². The van der Waals surface area contributed by atoms with Crippen molar-refractivity contribution in [3.05, 3.63) is 60.2 Å². The molecule has 0 bridgehead atoms. The van der Waals surface area contributed by atoms with Gasteiger partial charge in [-0.2, -0.15) is 0 Å². The summed E-state index contributed by atoms with van der Waals surface area (Å²) in [5.41, 5.74) is 2.66. The van der Waals surface area contributed by atoms with Crippen LogP contribution >= 0.6 is 0 Å². The molecule has 0 aliphatic heterocycles. The Hall–Kier alpha value is -2.09. The van der Waals surface area contributed by atoms with E-state index >= 15 is 0 Å². The molecule has 2 nitrogen and oxygen atoms in total. The molecule has 0 aromatic heterocycles. The normalized spacial score (nSPS) is 10.2. The number of ketones is 1. The minimum absolute atomic E-state index is 0.209. The second kappa shape index (κ2) is 6.74. The Kier molecular flexibility index (Phi) is 4.73. The summed E-state index contributed by atoms with van der Waals surface area (Å²) in [6.45, 7) is 2.10. The second-order valence-electron chi connectivity index (χ2n) is 4.56. The lowest BCUT2D eigenvalue weighted by Crippen LogP contribution is -2.03. The lowest BCUT2D eigenvalue weighted by atomic mass is 10.0. The van der Waals surface area contributed by atoms with Crippen LogP contribution in [0.1, 0.15) is 36.5 Å². The number of hydrogen-bond acceptors (Lipinski definition) is 2. The summed E-state index contributed by atoms with van der Waals surface area (Å²) >= 11 is 0. The number of unbranched alkanes of at least 4 members (excludes halogenated alkanes) is 1. The molecule has 1 N–H and O–H groups in total. The molecule has 0 atom stereocenters. The van der Waals surface area contributed by atoms with E-state index in [4.69, 9.17) is 0 Å². The number of benzene rings is 2. The fourth-order valence-corrected chi connectivity index (χ4v) is 1.98. The van der Waals surface area contributed by atoms with E-state index in [0.717, 1.165) is 29.8 Å². The van der Waals surface area contributed by atoms with E-state index in [-0.39, 0.29) is 5.78 Å². The number of anilines is 2. The Bertz CT molecular complexity index is 534. The summed E-state index contributed by atoms with van der Waals surface area (Å²) in [5, 5.41) is 3.31. The number of rotatable bonds is 6. The number of carbonyl (C=O) groups excluding carboxylic acids is 1. The minimum Gasteiger partial charge on any atom is -0.355 e. The standard InChI is InChI=1S/C17H19NO/c1-2-3-13-17(19)15-11-7-8-12-16(15)18-14-9-5-4-6-10-14/h4-12,18H,2-3,13H2,1H3. The predicted molar refractivity (Wildman–Crippen MR) is 80.0 cm³/mol. The molecule has 2 aromatic rings. The third-order valence-electron chi connectivity index (χ3n) is 3.04. The molecule has 0 amide bonds. The highest BCUT2D eigenvalue weighted by Crippen LogP contribution is 2.22. The molecule has 0 saturated heterocycles. The zero-order chi connectivity index (χ0) is 13.5. The lowest BCUT2D eigenvalue weighted by Gasteiger charge is -2.11. The molecule has 0 aliphatic rings. The highest BCUT2D eigenvalue weighted by Gasteiger charge is 2.10. The minimum atomic E-state index is 0.209. The van der Waals surface area contributed by atoms with E-state index in [2.05, 4.69) is 12.2 Å². The Morgan fingerprint density at radius 1 is 1.00 bits per heavy atom. The average molecular weight is 253 g/mol. The molecule has 2 aromatic carbocycles. The van der Waals surface area contributed by atoms with Gasteiger partial charge in [-0.05, 0) is 30.7 Å². The van der Waals surface area contributed by atoms with Crippen LogP contribution < -0.4 is 5.32 Å². The van der Waals surface area contributed by atoms with Gasteiger partial charge in [-0.1, -0.05) is 43.7 Å². The van der Waals surface area contributed by atoms with Gasteiger partial charge in [-0.3, -0.25) is 4.79 Å². The van der Waals surface area contributed by atoms with Crippen molar-refractivity contribution in [1.29, 1.82) is 0 Å². The Labute approximate surface area is 114 Å². The zero-order valence-electron chi connectivity index (χ0n) is 11.2.